The fourth-order valence-corrected chi connectivity index (χ4v) is 5.91. The number of nitrogens with two attached hydrogens (primary N) is 1. The molecule has 1 aromatic carbocycles. The minimum atomic E-state index is -4.00. The summed E-state index contributed by atoms with van der Waals surface area (Å²) in [6.45, 7) is 4.80. The van der Waals surface area contributed by atoms with Crippen LogP contribution in [0.2, 0.25) is 0 Å². The van der Waals surface area contributed by atoms with E-state index in [4.69, 9.17) is 9.88 Å². The van der Waals surface area contributed by atoms with E-state index in [1.54, 1.807) is 40.1 Å². The van der Waals surface area contributed by atoms with Gasteiger partial charge in [0.25, 0.3) is 0 Å². The second-order valence-corrected chi connectivity index (χ2v) is 13.3. The Kier molecular flexibility index (Phi) is 10.3. The molecule has 41 heavy (non-hydrogen) atoms. The highest BCUT2D eigenvalue weighted by atomic mass is 32.2. The van der Waals surface area contributed by atoms with E-state index in [0.717, 1.165) is 17.7 Å². The number of ether oxygens (including phenoxy) is 1. The summed E-state index contributed by atoms with van der Waals surface area (Å²) in [5.41, 5.74) is 1.74. The molecule has 4 N–H and O–H groups in total. The molecule has 0 atom stereocenters. The number of nitrogens with zero attached hydrogens (tertiary/aromatic N) is 4. The topological polar surface area (TPSA) is 159 Å². The maximum atomic E-state index is 14.5. The molecule has 0 spiro atoms. The Hall–Kier alpha value is -3.27. The lowest BCUT2D eigenvalue weighted by Crippen LogP contribution is -2.51. The number of hydrogen-bond acceptors (Lipinski definition) is 8. The van der Waals surface area contributed by atoms with Crippen molar-refractivity contribution >= 4 is 26.0 Å². The van der Waals surface area contributed by atoms with E-state index >= 15 is 0 Å². The number of piperidine rings is 1. The molecule has 0 unspecified atom stereocenters. The zero-order valence-corrected chi connectivity index (χ0v) is 25.7. The van der Waals surface area contributed by atoms with Gasteiger partial charge in [-0.25, -0.2) is 30.7 Å². The average molecular weight is 612 g/mol. The molecule has 2 aromatic rings. The molecular weight excluding hydrogens is 573 g/mol. The summed E-state index contributed by atoms with van der Waals surface area (Å²) in [5, 5.41) is 11.8. The Labute approximate surface area is 241 Å². The third kappa shape index (κ3) is 8.15. The molecule has 1 fully saturated rings. The number of hydrogen-bond donors (Lipinski definition) is 3. The van der Waals surface area contributed by atoms with Gasteiger partial charge in [-0.05, 0) is 56.5 Å². The Balaban J connectivity index is 1.74. The Morgan fingerprint density at radius 2 is 1.88 bits per heavy atom. The van der Waals surface area contributed by atoms with Crippen molar-refractivity contribution < 1.29 is 26.0 Å². The summed E-state index contributed by atoms with van der Waals surface area (Å²) in [5.74, 6) is 1.12. The highest BCUT2D eigenvalue weighted by Gasteiger charge is 2.28. The number of aliphatic imine (C=N–C) groups is 1. The third-order valence-corrected chi connectivity index (χ3v) is 9.29. The van der Waals surface area contributed by atoms with Gasteiger partial charge < -0.3 is 20.3 Å². The predicted octanol–water partition coefficient (Wildman–Crippen LogP) is 1.70. The number of aryl methyl sites for hydroxylation is 1. The third-order valence-electron chi connectivity index (χ3n) is 7.07. The lowest BCUT2D eigenvalue weighted by Gasteiger charge is -2.37. The van der Waals surface area contributed by atoms with Gasteiger partial charge in [0, 0.05) is 51.0 Å². The van der Waals surface area contributed by atoms with Gasteiger partial charge in [-0.2, -0.15) is 0 Å². The normalized spacial score (nSPS) is 16.2. The first kappa shape index (κ1) is 32.2. The first-order chi connectivity index (χ1) is 19.1. The number of aromatic nitrogens is 1. The molecule has 3 rings (SSSR count). The smallest absolute Gasteiger partial charge is 0.238 e. The number of guanidine groups is 1. The highest BCUT2D eigenvalue weighted by Crippen LogP contribution is 2.25. The molecule has 0 bridgehead atoms. The van der Waals surface area contributed by atoms with Gasteiger partial charge in [0.2, 0.25) is 20.0 Å². The van der Waals surface area contributed by atoms with E-state index in [2.05, 4.69) is 20.6 Å². The summed E-state index contributed by atoms with van der Waals surface area (Å²) in [7, 11) is -2.09. The van der Waals surface area contributed by atoms with Gasteiger partial charge in [-0.3, -0.25) is 9.98 Å². The van der Waals surface area contributed by atoms with Gasteiger partial charge in [-0.1, -0.05) is 6.07 Å². The molecule has 12 nitrogen and oxygen atoms in total. The van der Waals surface area contributed by atoms with Crippen molar-refractivity contribution in [2.24, 2.45) is 10.1 Å². The number of benzene rings is 1. The highest BCUT2D eigenvalue weighted by molar-refractivity contribution is 7.89. The van der Waals surface area contributed by atoms with E-state index in [9.17, 15) is 21.2 Å². The van der Waals surface area contributed by atoms with E-state index in [0.29, 0.717) is 55.7 Å². The quantitative estimate of drug-likeness (QED) is 0.218. The van der Waals surface area contributed by atoms with E-state index in [-0.39, 0.29) is 22.2 Å². The molecule has 1 aliphatic heterocycles. The standard InChI is InChI=1S/C26H38FN7O5S2/c1-17-19(7-10-24(31-17)22-15-21(41(28,37)38)8-9-23(22)27)16-30-25(18(2)39-5)32-26(29-3)33(4)20-11-13-34(14-12-20)40(6,35)36/h7-10,15,20,30H,11-14,16H2,1-6H3,(H,29,32)(H2,28,37,38)/b25-18+. The maximum Gasteiger partial charge on any atom is 0.238 e. The molecule has 15 heteroatoms. The molecule has 2 heterocycles. The van der Waals surface area contributed by atoms with Crippen LogP contribution in [-0.4, -0.2) is 83.6 Å². The average Bonchev–Trinajstić information content (AvgIpc) is 2.92. The number of rotatable bonds is 9. The number of pyridine rings is 1. The number of methoxy groups -OCH3 is 1. The summed E-state index contributed by atoms with van der Waals surface area (Å²) in [6.07, 6.45) is 2.55. The molecule has 0 amide bonds. The summed E-state index contributed by atoms with van der Waals surface area (Å²) < 4.78 is 68.7. The lowest BCUT2D eigenvalue weighted by molar-refractivity contribution is 0.228. The van der Waals surface area contributed by atoms with Crippen LogP contribution in [0.3, 0.4) is 0 Å². The van der Waals surface area contributed by atoms with Crippen LogP contribution in [0.1, 0.15) is 31.0 Å². The Morgan fingerprint density at radius 1 is 1.22 bits per heavy atom. The number of sulfonamides is 2. The van der Waals surface area contributed by atoms with Crippen molar-refractivity contribution in [3.63, 3.8) is 0 Å². The fraction of sp³-hybridized carbons (Fsp3) is 0.462. The van der Waals surface area contributed by atoms with E-state index < -0.39 is 25.9 Å². The Morgan fingerprint density at radius 3 is 2.41 bits per heavy atom. The largest absolute Gasteiger partial charge is 0.498 e. The second-order valence-electron chi connectivity index (χ2n) is 9.79. The predicted molar refractivity (Wildman–Crippen MR) is 156 cm³/mol. The van der Waals surface area contributed by atoms with Crippen molar-refractivity contribution in [3.05, 3.63) is 59.0 Å². The molecule has 1 saturated heterocycles. The van der Waals surface area contributed by atoms with Crippen LogP contribution < -0.4 is 15.8 Å². The molecular formula is C26H38FN7O5S2. The summed E-state index contributed by atoms with van der Waals surface area (Å²) >= 11 is 0. The van der Waals surface area contributed by atoms with Crippen LogP contribution in [0.4, 0.5) is 4.39 Å². The second kappa shape index (κ2) is 13.1. The van der Waals surface area contributed by atoms with Crippen LogP contribution in [0.25, 0.3) is 11.3 Å². The van der Waals surface area contributed by atoms with Gasteiger partial charge in [-0.15, -0.1) is 0 Å². The number of nitrogens with one attached hydrogen (secondary N) is 2. The number of halogens is 1. The fourth-order valence-electron chi connectivity index (χ4n) is 4.49. The monoisotopic (exact) mass is 611 g/mol. The summed E-state index contributed by atoms with van der Waals surface area (Å²) in [6, 6.07) is 6.83. The zero-order valence-electron chi connectivity index (χ0n) is 24.1. The van der Waals surface area contributed by atoms with Crippen molar-refractivity contribution in [1.29, 1.82) is 0 Å². The Bertz CT molecular complexity index is 1540. The molecule has 0 saturated carbocycles. The SMILES string of the molecule is CN=C(N/C(NCc1ccc(-c2cc(S(N)(=O)=O)ccc2F)nc1C)=C(\C)OC)N(C)C1CCN(S(C)(=O)=O)CC1. The van der Waals surface area contributed by atoms with Crippen molar-refractivity contribution in [2.45, 2.75) is 44.2 Å². The lowest BCUT2D eigenvalue weighted by atomic mass is 10.1. The minimum Gasteiger partial charge on any atom is -0.498 e. The van der Waals surface area contributed by atoms with Gasteiger partial charge in [0.05, 0.1) is 24.0 Å². The van der Waals surface area contributed by atoms with Crippen molar-refractivity contribution in [3.8, 4) is 11.3 Å². The van der Waals surface area contributed by atoms with E-state index in [1.807, 2.05) is 11.9 Å². The molecule has 0 aliphatic carbocycles. The number of allylic oxidation sites excluding steroid dienone is 1. The van der Waals surface area contributed by atoms with E-state index in [1.165, 1.54) is 16.6 Å². The number of primary sulfonamides is 1. The summed E-state index contributed by atoms with van der Waals surface area (Å²) in [4.78, 5) is 10.7. The van der Waals surface area contributed by atoms with Crippen molar-refractivity contribution in [2.75, 3.05) is 40.6 Å². The van der Waals surface area contributed by atoms with Crippen molar-refractivity contribution in [1.82, 2.24) is 24.8 Å². The minimum absolute atomic E-state index is 0.0332. The van der Waals surface area contributed by atoms with Crippen LogP contribution >= 0.6 is 0 Å². The molecule has 226 valence electrons. The van der Waals surface area contributed by atoms with Crippen LogP contribution in [0.5, 0.6) is 0 Å². The first-order valence-electron chi connectivity index (χ1n) is 12.9. The van der Waals surface area contributed by atoms with Gasteiger partial charge in [0.1, 0.15) is 17.4 Å². The molecule has 1 aromatic heterocycles. The molecule has 1 aliphatic rings. The molecule has 0 radical (unpaired) electrons. The first-order valence-corrected chi connectivity index (χ1v) is 16.2. The zero-order chi connectivity index (χ0) is 30.5. The van der Waals surface area contributed by atoms with Crippen LogP contribution in [-0.2, 0) is 31.3 Å². The maximum absolute atomic E-state index is 14.5. The van der Waals surface area contributed by atoms with Gasteiger partial charge >= 0.3 is 0 Å². The van der Waals surface area contributed by atoms with Crippen LogP contribution in [0.15, 0.2) is 51.8 Å². The van der Waals surface area contributed by atoms with Gasteiger partial charge in [0.15, 0.2) is 5.96 Å². The van der Waals surface area contributed by atoms with Crippen LogP contribution in [0, 0.1) is 12.7 Å².